The summed E-state index contributed by atoms with van der Waals surface area (Å²) >= 11 is 1.77. The van der Waals surface area contributed by atoms with E-state index in [1.54, 1.807) is 11.3 Å². The molecule has 0 amide bonds. The van der Waals surface area contributed by atoms with Crippen LogP contribution in [0.25, 0.3) is 0 Å². The van der Waals surface area contributed by atoms with Gasteiger partial charge in [-0.05, 0) is 18.8 Å². The molecule has 1 aliphatic rings. The van der Waals surface area contributed by atoms with Crippen molar-refractivity contribution >= 4 is 11.3 Å². The molecule has 0 saturated heterocycles. The predicted octanol–water partition coefficient (Wildman–Crippen LogP) is 4.07. The molecule has 1 heterocycles. The van der Waals surface area contributed by atoms with Crippen molar-refractivity contribution in [3.8, 4) is 0 Å². The van der Waals surface area contributed by atoms with Crippen LogP contribution in [-0.4, -0.2) is 12.1 Å². The lowest BCUT2D eigenvalue weighted by Gasteiger charge is -2.34. The van der Waals surface area contributed by atoms with E-state index in [9.17, 15) is 0 Å². The Labute approximate surface area is 102 Å². The van der Waals surface area contributed by atoms with Crippen LogP contribution in [0, 0.1) is 0 Å². The second-order valence-corrected chi connectivity index (χ2v) is 5.85. The summed E-state index contributed by atoms with van der Waals surface area (Å²) in [4.78, 5) is 4.77. The Morgan fingerprint density at radius 1 is 1.31 bits per heavy atom. The van der Waals surface area contributed by atoms with Gasteiger partial charge in [-0.15, -0.1) is 11.3 Å². The molecule has 1 aromatic rings. The first-order chi connectivity index (χ1) is 7.68. The second kappa shape index (κ2) is 4.84. The summed E-state index contributed by atoms with van der Waals surface area (Å²) in [7, 11) is 1.84. The van der Waals surface area contributed by atoms with E-state index in [0.717, 1.165) is 12.8 Å². The Hall–Kier alpha value is -0.410. The van der Waals surface area contributed by atoms with E-state index in [4.69, 9.17) is 9.72 Å². The molecule has 2 nitrogen and oxygen atoms in total. The van der Waals surface area contributed by atoms with E-state index < -0.39 is 0 Å². The van der Waals surface area contributed by atoms with E-state index in [1.165, 1.54) is 30.0 Å². The van der Waals surface area contributed by atoms with Crippen LogP contribution in [0.1, 0.15) is 62.6 Å². The average molecular weight is 239 g/mol. The van der Waals surface area contributed by atoms with Gasteiger partial charge in [-0.2, -0.15) is 0 Å². The smallest absolute Gasteiger partial charge is 0.125 e. The van der Waals surface area contributed by atoms with Gasteiger partial charge in [-0.25, -0.2) is 4.98 Å². The number of hydrogen-bond acceptors (Lipinski definition) is 3. The third-order valence-corrected chi connectivity index (χ3v) is 4.60. The average Bonchev–Trinajstić information content (AvgIpc) is 2.80. The molecule has 1 saturated carbocycles. The number of rotatable bonds is 3. The minimum atomic E-state index is -0.0734. The van der Waals surface area contributed by atoms with E-state index >= 15 is 0 Å². The van der Waals surface area contributed by atoms with Crippen LogP contribution in [0.2, 0.25) is 0 Å². The van der Waals surface area contributed by atoms with Gasteiger partial charge in [0, 0.05) is 12.5 Å². The Morgan fingerprint density at radius 3 is 2.50 bits per heavy atom. The summed E-state index contributed by atoms with van der Waals surface area (Å²) in [5, 5.41) is 3.38. The zero-order valence-corrected chi connectivity index (χ0v) is 11.3. The largest absolute Gasteiger partial charge is 0.371 e. The van der Waals surface area contributed by atoms with Crippen LogP contribution < -0.4 is 0 Å². The molecule has 0 aromatic carbocycles. The molecule has 0 radical (unpaired) electrons. The van der Waals surface area contributed by atoms with Gasteiger partial charge in [0.05, 0.1) is 5.69 Å². The molecule has 1 fully saturated rings. The van der Waals surface area contributed by atoms with Crippen molar-refractivity contribution in [2.24, 2.45) is 0 Å². The monoisotopic (exact) mass is 239 g/mol. The summed E-state index contributed by atoms with van der Waals surface area (Å²) in [5.41, 5.74) is 1.14. The number of ether oxygens (including phenoxy) is 1. The third-order valence-electron chi connectivity index (χ3n) is 3.56. The molecule has 16 heavy (non-hydrogen) atoms. The van der Waals surface area contributed by atoms with Crippen molar-refractivity contribution in [2.45, 2.75) is 57.5 Å². The quantitative estimate of drug-likeness (QED) is 0.793. The summed E-state index contributed by atoms with van der Waals surface area (Å²) in [6, 6.07) is 0. The van der Waals surface area contributed by atoms with Crippen molar-refractivity contribution in [2.75, 3.05) is 7.11 Å². The highest BCUT2D eigenvalue weighted by molar-refractivity contribution is 7.09. The zero-order chi connectivity index (χ0) is 11.6. The third kappa shape index (κ3) is 2.16. The molecular weight excluding hydrogens is 218 g/mol. The second-order valence-electron chi connectivity index (χ2n) is 4.99. The highest BCUT2D eigenvalue weighted by Crippen LogP contribution is 2.41. The Kier molecular flexibility index (Phi) is 3.65. The van der Waals surface area contributed by atoms with Crippen molar-refractivity contribution in [3.63, 3.8) is 0 Å². The maximum Gasteiger partial charge on any atom is 0.125 e. The molecule has 0 bridgehead atoms. The van der Waals surface area contributed by atoms with Gasteiger partial charge in [0.25, 0.3) is 0 Å². The highest BCUT2D eigenvalue weighted by Gasteiger charge is 2.36. The first-order valence-electron chi connectivity index (χ1n) is 6.19. The number of thiazole rings is 1. The van der Waals surface area contributed by atoms with Crippen molar-refractivity contribution < 1.29 is 4.74 Å². The van der Waals surface area contributed by atoms with Crippen molar-refractivity contribution in [1.29, 1.82) is 0 Å². The Morgan fingerprint density at radius 2 is 2.00 bits per heavy atom. The molecule has 0 spiro atoms. The molecule has 2 rings (SSSR count). The summed E-state index contributed by atoms with van der Waals surface area (Å²) in [5.74, 6) is 0.516. The molecule has 90 valence electrons. The summed E-state index contributed by atoms with van der Waals surface area (Å²) < 4.78 is 5.81. The molecule has 0 N–H and O–H groups in total. The van der Waals surface area contributed by atoms with Crippen LogP contribution in [0.4, 0.5) is 0 Å². The Bertz CT molecular complexity index is 339. The van der Waals surface area contributed by atoms with Gasteiger partial charge in [0.2, 0.25) is 0 Å². The topological polar surface area (TPSA) is 22.1 Å². The molecular formula is C13H21NOS. The van der Waals surface area contributed by atoms with Crippen LogP contribution in [-0.2, 0) is 10.3 Å². The number of methoxy groups -OCH3 is 1. The Balaban J connectivity index is 2.25. The van der Waals surface area contributed by atoms with Crippen molar-refractivity contribution in [1.82, 2.24) is 4.98 Å². The van der Waals surface area contributed by atoms with Gasteiger partial charge < -0.3 is 4.74 Å². The SMILES string of the molecule is COC1(c2nc(C(C)C)cs2)CCCCC1. The van der Waals surface area contributed by atoms with Crippen LogP contribution in [0.15, 0.2) is 5.38 Å². The van der Waals surface area contributed by atoms with Crippen LogP contribution >= 0.6 is 11.3 Å². The van der Waals surface area contributed by atoms with E-state index in [-0.39, 0.29) is 5.60 Å². The predicted molar refractivity (Wildman–Crippen MR) is 68.0 cm³/mol. The summed E-state index contributed by atoms with van der Waals surface area (Å²) in [6.45, 7) is 4.39. The molecule has 3 heteroatoms. The lowest BCUT2D eigenvalue weighted by molar-refractivity contribution is -0.0447. The minimum Gasteiger partial charge on any atom is -0.371 e. The van der Waals surface area contributed by atoms with Crippen LogP contribution in [0.5, 0.6) is 0 Å². The van der Waals surface area contributed by atoms with Crippen LogP contribution in [0.3, 0.4) is 0 Å². The fraction of sp³-hybridized carbons (Fsp3) is 0.769. The summed E-state index contributed by atoms with van der Waals surface area (Å²) in [6.07, 6.45) is 6.14. The van der Waals surface area contributed by atoms with Crippen molar-refractivity contribution in [3.05, 3.63) is 16.1 Å². The molecule has 0 atom stereocenters. The number of hydrogen-bond donors (Lipinski definition) is 0. The first kappa shape index (κ1) is 12.1. The normalized spacial score (nSPS) is 20.2. The highest BCUT2D eigenvalue weighted by atomic mass is 32.1. The first-order valence-corrected chi connectivity index (χ1v) is 7.07. The lowest BCUT2D eigenvalue weighted by atomic mass is 9.85. The molecule has 0 aliphatic heterocycles. The molecule has 1 aliphatic carbocycles. The lowest BCUT2D eigenvalue weighted by Crippen LogP contribution is -2.31. The van der Waals surface area contributed by atoms with Gasteiger partial charge in [-0.1, -0.05) is 33.1 Å². The van der Waals surface area contributed by atoms with E-state index in [2.05, 4.69) is 19.2 Å². The van der Waals surface area contributed by atoms with Gasteiger partial charge >= 0.3 is 0 Å². The van der Waals surface area contributed by atoms with E-state index in [1.807, 2.05) is 7.11 Å². The fourth-order valence-corrected chi connectivity index (χ4v) is 3.61. The van der Waals surface area contributed by atoms with Gasteiger partial charge in [-0.3, -0.25) is 0 Å². The van der Waals surface area contributed by atoms with E-state index in [0.29, 0.717) is 5.92 Å². The maximum absolute atomic E-state index is 5.81. The fourth-order valence-electron chi connectivity index (χ4n) is 2.39. The molecule has 0 unspecified atom stereocenters. The molecule has 1 aromatic heterocycles. The zero-order valence-electron chi connectivity index (χ0n) is 10.5. The maximum atomic E-state index is 5.81. The number of aromatic nitrogens is 1. The standard InChI is InChI=1S/C13H21NOS/c1-10(2)11-9-16-12(14-11)13(15-3)7-5-4-6-8-13/h9-10H,4-8H2,1-3H3. The van der Waals surface area contributed by atoms with Gasteiger partial charge in [0.1, 0.15) is 10.6 Å². The number of nitrogens with zero attached hydrogens (tertiary/aromatic N) is 1. The minimum absolute atomic E-state index is 0.0734. The van der Waals surface area contributed by atoms with Gasteiger partial charge in [0.15, 0.2) is 0 Å².